The van der Waals surface area contributed by atoms with E-state index in [4.69, 9.17) is 9.47 Å². The lowest BCUT2D eigenvalue weighted by molar-refractivity contribution is -0.121. The second kappa shape index (κ2) is 13.8. The van der Waals surface area contributed by atoms with Crippen LogP contribution < -0.4 is 15.4 Å². The summed E-state index contributed by atoms with van der Waals surface area (Å²) in [4.78, 5) is 16.1. The minimum atomic E-state index is -0.888. The molecule has 2 unspecified atom stereocenters. The van der Waals surface area contributed by atoms with E-state index in [-0.39, 0.29) is 31.2 Å². The van der Waals surface area contributed by atoms with E-state index in [0.717, 1.165) is 28.8 Å². The summed E-state index contributed by atoms with van der Waals surface area (Å²) in [6, 6.07) is 11.1. The van der Waals surface area contributed by atoms with Crippen LogP contribution in [0.4, 0.5) is 8.78 Å². The Morgan fingerprint density at radius 1 is 1.15 bits per heavy atom. The minimum Gasteiger partial charge on any atom is -0.497 e. The Morgan fingerprint density at radius 2 is 2.03 bits per heavy atom. The fourth-order valence-electron chi connectivity index (χ4n) is 4.14. The number of hydrogen-bond donors (Lipinski definition) is 3. The number of fused-ring (bicyclic) bond motifs is 1. The third-order valence-corrected chi connectivity index (χ3v) is 6.18. The molecule has 4 aromatic rings. The highest BCUT2D eigenvalue weighted by Crippen LogP contribution is 2.24. The van der Waals surface area contributed by atoms with Gasteiger partial charge >= 0.3 is 0 Å². The second-order valence-corrected chi connectivity index (χ2v) is 9.00. The van der Waals surface area contributed by atoms with E-state index in [2.05, 4.69) is 20.7 Å². The van der Waals surface area contributed by atoms with Crippen LogP contribution in [0.25, 0.3) is 10.9 Å². The molecule has 2 atom stereocenters. The molecule has 0 spiro atoms. The molecule has 2 aromatic heterocycles. The van der Waals surface area contributed by atoms with Crippen LogP contribution in [0.2, 0.25) is 0 Å². The molecule has 2 heterocycles. The molecule has 0 aliphatic heterocycles. The third kappa shape index (κ3) is 8.06. The van der Waals surface area contributed by atoms with Crippen molar-refractivity contribution >= 4 is 16.8 Å². The Morgan fingerprint density at radius 3 is 2.79 bits per heavy atom. The van der Waals surface area contributed by atoms with Gasteiger partial charge in [0, 0.05) is 56.5 Å². The van der Waals surface area contributed by atoms with Gasteiger partial charge in [-0.3, -0.25) is 9.48 Å². The summed E-state index contributed by atoms with van der Waals surface area (Å²) < 4.78 is 42.3. The summed E-state index contributed by atoms with van der Waals surface area (Å²) in [5, 5.41) is 21.3. The molecular formula is C27H32F2N6O4. The number of aliphatic hydroxyl groups excluding tert-OH is 1. The Hall–Kier alpha value is -3.87. The summed E-state index contributed by atoms with van der Waals surface area (Å²) >= 11 is 0. The van der Waals surface area contributed by atoms with Crippen LogP contribution in [-0.2, 0) is 22.6 Å². The fourth-order valence-corrected chi connectivity index (χ4v) is 4.14. The number of carbonyl (C=O) groups is 1. The lowest BCUT2D eigenvalue weighted by Gasteiger charge is -2.21. The molecular weight excluding hydrogens is 510 g/mol. The van der Waals surface area contributed by atoms with Gasteiger partial charge in [-0.25, -0.2) is 13.8 Å². The van der Waals surface area contributed by atoms with Crippen molar-refractivity contribution in [2.24, 2.45) is 0 Å². The van der Waals surface area contributed by atoms with E-state index >= 15 is 0 Å². The van der Waals surface area contributed by atoms with Gasteiger partial charge in [-0.15, -0.1) is 0 Å². The number of aliphatic hydroxyl groups is 1. The Labute approximate surface area is 224 Å². The lowest BCUT2D eigenvalue weighted by atomic mass is 10.1. The Kier molecular flexibility index (Phi) is 9.95. The van der Waals surface area contributed by atoms with Crippen molar-refractivity contribution in [2.45, 2.75) is 31.7 Å². The number of benzene rings is 2. The van der Waals surface area contributed by atoms with E-state index in [1.165, 1.54) is 23.4 Å². The van der Waals surface area contributed by atoms with Gasteiger partial charge in [-0.1, -0.05) is 6.07 Å². The minimum absolute atomic E-state index is 0.0808. The molecule has 4 rings (SSSR count). The highest BCUT2D eigenvalue weighted by atomic mass is 19.1. The van der Waals surface area contributed by atoms with Crippen LogP contribution in [0.15, 0.2) is 61.3 Å². The Balaban J connectivity index is 1.15. The molecule has 0 radical (unpaired) electrons. The van der Waals surface area contributed by atoms with Crippen molar-refractivity contribution in [1.82, 2.24) is 30.0 Å². The summed E-state index contributed by atoms with van der Waals surface area (Å²) in [6.07, 6.45) is 3.38. The van der Waals surface area contributed by atoms with E-state index in [1.54, 1.807) is 7.11 Å². The van der Waals surface area contributed by atoms with Crippen molar-refractivity contribution in [3.05, 3.63) is 78.5 Å². The van der Waals surface area contributed by atoms with E-state index < -0.39 is 23.8 Å². The molecule has 12 heteroatoms. The molecule has 39 heavy (non-hydrogen) atoms. The van der Waals surface area contributed by atoms with Crippen LogP contribution in [0.1, 0.15) is 18.1 Å². The zero-order valence-electron chi connectivity index (χ0n) is 21.6. The van der Waals surface area contributed by atoms with Crippen molar-refractivity contribution in [2.75, 3.05) is 33.4 Å². The number of carbonyl (C=O) groups excluding carboxylic acids is 1. The predicted molar refractivity (Wildman–Crippen MR) is 140 cm³/mol. The van der Waals surface area contributed by atoms with Gasteiger partial charge in [0.15, 0.2) is 0 Å². The highest BCUT2D eigenvalue weighted by Gasteiger charge is 2.20. The highest BCUT2D eigenvalue weighted by molar-refractivity contribution is 5.82. The Bertz CT molecular complexity index is 1350. The number of amides is 1. The number of ether oxygens (including phenoxy) is 2. The van der Waals surface area contributed by atoms with Crippen molar-refractivity contribution in [3.8, 4) is 5.75 Å². The molecule has 2 aromatic carbocycles. The standard InChI is InChI=1S/C27H32F2N6O4/c1-38-22-4-2-19-6-10-34(25(19)13-22)11-7-27(37)32-9-8-30-14-21(36)16-39-26(15-35-18-31-17-33-35)23-5-3-20(28)12-24(23)29/h2-6,10,12-13,17-18,21,26,30,36H,7-9,11,14-16H2,1H3,(H,32,37). The number of aryl methyl sites for hydroxylation is 1. The maximum Gasteiger partial charge on any atom is 0.221 e. The number of nitrogens with zero attached hydrogens (tertiary/aromatic N) is 4. The van der Waals surface area contributed by atoms with Crippen LogP contribution in [0, 0.1) is 11.6 Å². The van der Waals surface area contributed by atoms with Crippen molar-refractivity contribution < 1.29 is 28.2 Å². The summed E-state index contributed by atoms with van der Waals surface area (Å²) in [5.41, 5.74) is 1.16. The predicted octanol–water partition coefficient (Wildman–Crippen LogP) is 2.43. The zero-order valence-corrected chi connectivity index (χ0v) is 21.6. The quantitative estimate of drug-likeness (QED) is 0.198. The van der Waals surface area contributed by atoms with Crippen molar-refractivity contribution in [1.29, 1.82) is 0 Å². The number of hydrogen-bond acceptors (Lipinski definition) is 7. The first-order valence-corrected chi connectivity index (χ1v) is 12.6. The van der Waals surface area contributed by atoms with Gasteiger partial charge in [0.1, 0.15) is 36.1 Å². The average Bonchev–Trinajstić information content (AvgIpc) is 3.59. The van der Waals surface area contributed by atoms with E-state index in [1.807, 2.05) is 35.0 Å². The molecule has 0 bridgehead atoms. The molecule has 0 aliphatic rings. The van der Waals surface area contributed by atoms with Crippen LogP contribution in [-0.4, -0.2) is 69.8 Å². The molecule has 0 saturated heterocycles. The monoisotopic (exact) mass is 542 g/mol. The lowest BCUT2D eigenvalue weighted by Crippen LogP contribution is -2.37. The molecule has 3 N–H and O–H groups in total. The van der Waals surface area contributed by atoms with E-state index in [0.29, 0.717) is 26.1 Å². The topological polar surface area (TPSA) is 115 Å². The van der Waals surface area contributed by atoms with Gasteiger partial charge in [-0.2, -0.15) is 5.10 Å². The summed E-state index contributed by atoms with van der Waals surface area (Å²) in [7, 11) is 1.62. The first-order valence-electron chi connectivity index (χ1n) is 12.6. The fraction of sp³-hybridized carbons (Fsp3) is 0.370. The smallest absolute Gasteiger partial charge is 0.221 e. The normalized spacial score (nSPS) is 12.9. The van der Waals surface area contributed by atoms with Gasteiger partial charge in [0.25, 0.3) is 0 Å². The third-order valence-electron chi connectivity index (χ3n) is 6.18. The van der Waals surface area contributed by atoms with Crippen LogP contribution in [0.3, 0.4) is 0 Å². The van der Waals surface area contributed by atoms with Gasteiger partial charge in [0.05, 0.1) is 31.9 Å². The average molecular weight is 543 g/mol. The molecule has 208 valence electrons. The van der Waals surface area contributed by atoms with Crippen LogP contribution in [0.5, 0.6) is 5.75 Å². The number of nitrogens with one attached hydrogen (secondary N) is 2. The summed E-state index contributed by atoms with van der Waals surface area (Å²) in [6.45, 7) is 1.63. The van der Waals surface area contributed by atoms with Gasteiger partial charge in [-0.05, 0) is 29.7 Å². The summed E-state index contributed by atoms with van der Waals surface area (Å²) in [5.74, 6) is -0.749. The molecule has 0 fully saturated rings. The first kappa shape index (κ1) is 28.1. The largest absolute Gasteiger partial charge is 0.497 e. The first-order chi connectivity index (χ1) is 18.9. The maximum absolute atomic E-state index is 14.4. The van der Waals surface area contributed by atoms with Crippen LogP contribution >= 0.6 is 0 Å². The maximum atomic E-state index is 14.4. The zero-order chi connectivity index (χ0) is 27.6. The number of aromatic nitrogens is 4. The molecule has 1 amide bonds. The van der Waals surface area contributed by atoms with Gasteiger partial charge in [0.2, 0.25) is 5.91 Å². The second-order valence-electron chi connectivity index (χ2n) is 9.00. The molecule has 10 nitrogen and oxygen atoms in total. The van der Waals surface area contributed by atoms with E-state index in [9.17, 15) is 18.7 Å². The molecule has 0 aliphatic carbocycles. The number of rotatable bonds is 15. The number of halogens is 2. The number of methoxy groups -OCH3 is 1. The molecule has 0 saturated carbocycles. The van der Waals surface area contributed by atoms with Gasteiger partial charge < -0.3 is 29.8 Å². The van der Waals surface area contributed by atoms with Crippen molar-refractivity contribution in [3.63, 3.8) is 0 Å². The SMILES string of the molecule is COc1ccc2ccn(CCC(=O)NCCNCC(O)COC(Cn3cncn3)c3ccc(F)cc3F)c2c1.